The number of benzene rings is 4. The monoisotopic (exact) mass is 660 g/mol. The minimum absolute atomic E-state index is 0.164. The van der Waals surface area contributed by atoms with Crippen molar-refractivity contribution in [1.82, 2.24) is 0 Å². The van der Waals surface area contributed by atoms with Crippen LogP contribution in [0.3, 0.4) is 0 Å². The number of ether oxygens (including phenoxy) is 1. The number of alkyl halides is 5. The quantitative estimate of drug-likeness (QED) is 0.104. The van der Waals surface area contributed by atoms with Crippen molar-refractivity contribution in [1.29, 1.82) is 0 Å². The van der Waals surface area contributed by atoms with Crippen LogP contribution in [0.2, 0.25) is 0 Å². The molecular formula is C33H20F12O. The lowest BCUT2D eigenvalue weighted by Gasteiger charge is -2.20. The molecule has 0 spiro atoms. The molecule has 0 amide bonds. The van der Waals surface area contributed by atoms with Crippen LogP contribution in [0.15, 0.2) is 54.6 Å². The highest BCUT2D eigenvalue weighted by Crippen LogP contribution is 2.38. The van der Waals surface area contributed by atoms with Crippen LogP contribution < -0.4 is 4.74 Å². The summed E-state index contributed by atoms with van der Waals surface area (Å²) in [6, 6.07) is 5.09. The van der Waals surface area contributed by atoms with Gasteiger partial charge in [0.15, 0.2) is 0 Å². The van der Waals surface area contributed by atoms with E-state index in [1.54, 1.807) is 0 Å². The van der Waals surface area contributed by atoms with E-state index in [-0.39, 0.29) is 24.1 Å². The zero-order chi connectivity index (χ0) is 34.0. The Labute approximate surface area is 254 Å². The summed E-state index contributed by atoms with van der Waals surface area (Å²) in [5.41, 5.74) is -6.34. The zero-order valence-corrected chi connectivity index (χ0v) is 23.5. The predicted molar refractivity (Wildman–Crippen MR) is 143 cm³/mol. The third-order valence-electron chi connectivity index (χ3n) is 6.66. The van der Waals surface area contributed by atoms with Crippen LogP contribution in [0.25, 0.3) is 11.1 Å². The fourth-order valence-electron chi connectivity index (χ4n) is 4.52. The first-order valence-corrected chi connectivity index (χ1v) is 13.4. The van der Waals surface area contributed by atoms with Crippen molar-refractivity contribution in [2.75, 3.05) is 0 Å². The minimum Gasteiger partial charge on any atom is -0.429 e. The van der Waals surface area contributed by atoms with Gasteiger partial charge in [0.1, 0.15) is 57.6 Å². The molecule has 0 aromatic heterocycles. The summed E-state index contributed by atoms with van der Waals surface area (Å²) in [5.74, 6) is -8.32. The average molecular weight is 660 g/mol. The molecule has 46 heavy (non-hydrogen) atoms. The molecule has 0 atom stereocenters. The van der Waals surface area contributed by atoms with Crippen molar-refractivity contribution >= 4 is 0 Å². The lowest BCUT2D eigenvalue weighted by molar-refractivity contribution is -0.189. The van der Waals surface area contributed by atoms with Gasteiger partial charge in [0.2, 0.25) is 0 Å². The van der Waals surface area contributed by atoms with E-state index in [0.29, 0.717) is 24.6 Å². The minimum atomic E-state index is -5.34. The Kier molecular flexibility index (Phi) is 9.99. The van der Waals surface area contributed by atoms with E-state index in [1.165, 1.54) is 0 Å². The van der Waals surface area contributed by atoms with Crippen molar-refractivity contribution in [2.24, 2.45) is 0 Å². The van der Waals surface area contributed by atoms with Crippen LogP contribution >= 0.6 is 0 Å². The first kappa shape index (κ1) is 34.3. The molecule has 4 aromatic rings. The van der Waals surface area contributed by atoms with Crippen molar-refractivity contribution in [2.45, 2.75) is 44.9 Å². The van der Waals surface area contributed by atoms with Crippen LogP contribution in [0.1, 0.15) is 54.0 Å². The largest absolute Gasteiger partial charge is 0.432 e. The van der Waals surface area contributed by atoms with E-state index in [9.17, 15) is 52.7 Å². The van der Waals surface area contributed by atoms with Gasteiger partial charge in [0.25, 0.3) is 0 Å². The third kappa shape index (κ3) is 7.61. The van der Waals surface area contributed by atoms with Gasteiger partial charge in [-0.05, 0) is 72.5 Å². The molecule has 0 saturated carbocycles. The molecule has 4 rings (SSSR count). The van der Waals surface area contributed by atoms with E-state index in [0.717, 1.165) is 37.1 Å². The normalized spacial score (nSPS) is 11.8. The molecule has 0 bridgehead atoms. The average Bonchev–Trinajstić information content (AvgIpc) is 2.91. The number of halogens is 12. The molecule has 0 fully saturated rings. The highest BCUT2D eigenvalue weighted by atomic mass is 19.4. The van der Waals surface area contributed by atoms with Crippen LogP contribution in [0, 0.1) is 52.6 Å². The Hall–Kier alpha value is -4.60. The summed E-state index contributed by atoms with van der Waals surface area (Å²) < 4.78 is 173. The lowest BCUT2D eigenvalue weighted by atomic mass is 10.0. The molecule has 4 aromatic carbocycles. The molecule has 0 saturated heterocycles. The molecule has 1 nitrogen and oxygen atoms in total. The smallest absolute Gasteiger partial charge is 0.429 e. The van der Waals surface area contributed by atoms with Gasteiger partial charge < -0.3 is 4.74 Å². The standard InChI is InChI=1S/C33H20F12O/c1-2-3-4-5-17-10-28(39)31(29(40)11-17)33(44,45)46-20-7-9-21(25(36)16-20)19-14-23(34)22(24(35)15-19)8-6-18-12-26(37)30(27(38)13-18)32(41,42)43/h7,9-16H,2-5H2,1H3. The van der Waals surface area contributed by atoms with Gasteiger partial charge in [-0.3, -0.25) is 0 Å². The number of hydrogen-bond acceptors (Lipinski definition) is 1. The molecule has 0 aliphatic carbocycles. The van der Waals surface area contributed by atoms with E-state index < -0.39 is 92.1 Å². The van der Waals surface area contributed by atoms with Gasteiger partial charge in [-0.2, -0.15) is 22.0 Å². The Bertz CT molecular complexity index is 1760. The Morgan fingerprint density at radius 1 is 0.609 bits per heavy atom. The molecule has 0 aliphatic rings. The van der Waals surface area contributed by atoms with Crippen LogP contribution in [-0.4, -0.2) is 0 Å². The molecule has 0 heterocycles. The number of hydrogen-bond donors (Lipinski definition) is 0. The molecule has 0 unspecified atom stereocenters. The maximum atomic E-state index is 14.9. The third-order valence-corrected chi connectivity index (χ3v) is 6.66. The molecular weight excluding hydrogens is 640 g/mol. The predicted octanol–water partition coefficient (Wildman–Crippen LogP) is 10.6. The van der Waals surface area contributed by atoms with Crippen molar-refractivity contribution in [3.63, 3.8) is 0 Å². The van der Waals surface area contributed by atoms with E-state index >= 15 is 0 Å². The van der Waals surface area contributed by atoms with Crippen LogP contribution in [-0.2, 0) is 18.7 Å². The first-order valence-electron chi connectivity index (χ1n) is 13.4. The summed E-state index contributed by atoms with van der Waals surface area (Å²) in [6.45, 7) is 1.91. The summed E-state index contributed by atoms with van der Waals surface area (Å²) in [4.78, 5) is 0. The number of unbranched alkanes of at least 4 members (excludes halogenated alkanes) is 2. The second-order valence-electron chi connectivity index (χ2n) is 10.0. The molecule has 242 valence electrons. The van der Waals surface area contributed by atoms with Gasteiger partial charge in [-0.15, -0.1) is 0 Å². The fraction of sp³-hybridized carbons (Fsp3) is 0.212. The van der Waals surface area contributed by atoms with Gasteiger partial charge >= 0.3 is 12.3 Å². The maximum Gasteiger partial charge on any atom is 0.432 e. The SMILES string of the molecule is CCCCCc1cc(F)c(C(F)(F)Oc2ccc(-c3cc(F)c(C#Cc4cc(F)c(C(F)(F)F)c(F)c4)c(F)c3)c(F)c2)c(F)c1. The van der Waals surface area contributed by atoms with Crippen molar-refractivity contribution in [3.05, 3.63) is 123 Å². The molecule has 0 N–H and O–H groups in total. The van der Waals surface area contributed by atoms with Gasteiger partial charge in [-0.1, -0.05) is 31.6 Å². The van der Waals surface area contributed by atoms with E-state index in [2.05, 4.69) is 4.74 Å². The van der Waals surface area contributed by atoms with Crippen LogP contribution in [0.4, 0.5) is 52.7 Å². The highest BCUT2D eigenvalue weighted by Gasteiger charge is 2.41. The second-order valence-corrected chi connectivity index (χ2v) is 10.0. The lowest BCUT2D eigenvalue weighted by Crippen LogP contribution is -2.25. The Morgan fingerprint density at radius 2 is 1.17 bits per heavy atom. The van der Waals surface area contributed by atoms with Crippen molar-refractivity contribution in [3.8, 4) is 28.7 Å². The second kappa shape index (κ2) is 13.4. The maximum absolute atomic E-state index is 14.9. The number of aryl methyl sites for hydroxylation is 1. The van der Waals surface area contributed by atoms with Crippen LogP contribution in [0.5, 0.6) is 5.75 Å². The Morgan fingerprint density at radius 3 is 1.70 bits per heavy atom. The first-order chi connectivity index (χ1) is 21.5. The molecule has 0 radical (unpaired) electrons. The van der Waals surface area contributed by atoms with Gasteiger partial charge in [0, 0.05) is 17.2 Å². The zero-order valence-electron chi connectivity index (χ0n) is 23.5. The highest BCUT2D eigenvalue weighted by molar-refractivity contribution is 5.66. The van der Waals surface area contributed by atoms with Gasteiger partial charge in [0.05, 0.1) is 5.56 Å². The topological polar surface area (TPSA) is 9.23 Å². The Balaban J connectivity index is 1.57. The molecule has 13 heteroatoms. The van der Waals surface area contributed by atoms with Gasteiger partial charge in [-0.25, -0.2) is 30.7 Å². The summed E-state index contributed by atoms with van der Waals surface area (Å²) in [6.07, 6.45) is -7.49. The van der Waals surface area contributed by atoms with E-state index in [4.69, 9.17) is 0 Å². The van der Waals surface area contributed by atoms with E-state index in [1.807, 2.05) is 18.8 Å². The summed E-state index contributed by atoms with van der Waals surface area (Å²) in [5, 5.41) is 0. The summed E-state index contributed by atoms with van der Waals surface area (Å²) >= 11 is 0. The molecule has 0 aliphatic heterocycles. The number of rotatable bonds is 8. The fourth-order valence-corrected chi connectivity index (χ4v) is 4.52. The van der Waals surface area contributed by atoms with Crippen molar-refractivity contribution < 1.29 is 57.4 Å². The summed E-state index contributed by atoms with van der Waals surface area (Å²) in [7, 11) is 0.